The van der Waals surface area contributed by atoms with Crippen LogP contribution in [0.2, 0.25) is 0 Å². The van der Waals surface area contributed by atoms with Crippen molar-refractivity contribution in [1.82, 2.24) is 0 Å². The van der Waals surface area contributed by atoms with Crippen LogP contribution in [0.1, 0.15) is 32.6 Å². The third-order valence-electron chi connectivity index (χ3n) is 6.72. The fourth-order valence-corrected chi connectivity index (χ4v) is 5.17. The molecule has 0 spiro atoms. The summed E-state index contributed by atoms with van der Waals surface area (Å²) in [6.07, 6.45) is 0. The number of hydrogen-bond donors (Lipinski definition) is 1. The molecule has 1 N–H and O–H groups in total. The molecule has 0 heterocycles. The highest BCUT2D eigenvalue weighted by molar-refractivity contribution is 6.20. The molecule has 0 aliphatic heterocycles. The highest BCUT2D eigenvalue weighted by Crippen LogP contribution is 2.48. The van der Waals surface area contributed by atoms with Gasteiger partial charge in [-0.2, -0.15) is 0 Å². The summed E-state index contributed by atoms with van der Waals surface area (Å²) >= 11 is 0. The SMILES string of the molecule is O=C1c2c(-c3ccccc3)cccc2C(O)(c2ccccc2)c2cccc(-c3ccccc3)c21. The molecule has 0 bridgehead atoms. The summed E-state index contributed by atoms with van der Waals surface area (Å²) in [5.41, 5.74) is 5.15. The first-order valence-corrected chi connectivity index (χ1v) is 11.4. The summed E-state index contributed by atoms with van der Waals surface area (Å²) in [7, 11) is 0. The van der Waals surface area contributed by atoms with Crippen LogP contribution in [0.15, 0.2) is 127 Å². The minimum absolute atomic E-state index is 0.0653. The molecule has 0 radical (unpaired) electrons. The summed E-state index contributed by atoms with van der Waals surface area (Å²) in [6.45, 7) is 0. The zero-order valence-corrected chi connectivity index (χ0v) is 18.5. The summed E-state index contributed by atoms with van der Waals surface area (Å²) in [6, 6.07) is 41.0. The van der Waals surface area contributed by atoms with E-state index in [1.54, 1.807) is 0 Å². The van der Waals surface area contributed by atoms with Gasteiger partial charge in [0.05, 0.1) is 0 Å². The van der Waals surface area contributed by atoms with E-state index in [1.165, 1.54) is 0 Å². The Bertz CT molecular complexity index is 1410. The number of fused-ring (bicyclic) bond motifs is 2. The Labute approximate surface area is 198 Å². The molecule has 162 valence electrons. The number of carbonyl (C=O) groups excluding carboxylic acids is 1. The van der Waals surface area contributed by atoms with E-state index in [-0.39, 0.29) is 5.78 Å². The molecule has 0 saturated carbocycles. The second-order valence-electron chi connectivity index (χ2n) is 8.59. The van der Waals surface area contributed by atoms with Gasteiger partial charge in [0.15, 0.2) is 5.78 Å². The van der Waals surface area contributed by atoms with Crippen LogP contribution >= 0.6 is 0 Å². The zero-order chi connectivity index (χ0) is 23.1. The predicted molar refractivity (Wildman–Crippen MR) is 136 cm³/mol. The lowest BCUT2D eigenvalue weighted by Gasteiger charge is -2.38. The van der Waals surface area contributed by atoms with Gasteiger partial charge in [0.25, 0.3) is 0 Å². The van der Waals surface area contributed by atoms with Crippen molar-refractivity contribution in [1.29, 1.82) is 0 Å². The van der Waals surface area contributed by atoms with Gasteiger partial charge in [-0.15, -0.1) is 0 Å². The molecular weight excluding hydrogens is 416 g/mol. The van der Waals surface area contributed by atoms with Crippen LogP contribution in [0, 0.1) is 0 Å². The standard InChI is InChI=1S/C32H22O2/c33-31-29-25(22-12-4-1-5-13-22)18-10-20-27(29)32(34,24-16-8-3-9-17-24)28-21-11-19-26(30(28)31)23-14-6-2-7-15-23/h1-21,34H. The lowest BCUT2D eigenvalue weighted by atomic mass is 9.68. The van der Waals surface area contributed by atoms with Crippen molar-refractivity contribution >= 4 is 5.78 Å². The number of aliphatic hydroxyl groups is 1. The van der Waals surface area contributed by atoms with Gasteiger partial charge in [-0.05, 0) is 27.8 Å². The van der Waals surface area contributed by atoms with E-state index in [4.69, 9.17) is 0 Å². The first-order valence-electron chi connectivity index (χ1n) is 11.4. The van der Waals surface area contributed by atoms with Crippen LogP contribution in [-0.4, -0.2) is 10.9 Å². The monoisotopic (exact) mass is 438 g/mol. The molecule has 5 aromatic rings. The van der Waals surface area contributed by atoms with Crippen molar-refractivity contribution in [2.45, 2.75) is 5.60 Å². The molecule has 0 atom stereocenters. The third-order valence-corrected chi connectivity index (χ3v) is 6.72. The van der Waals surface area contributed by atoms with E-state index in [0.717, 1.165) is 27.8 Å². The van der Waals surface area contributed by atoms with Crippen LogP contribution in [0.3, 0.4) is 0 Å². The molecule has 6 rings (SSSR count). The van der Waals surface area contributed by atoms with Gasteiger partial charge in [0, 0.05) is 22.3 Å². The van der Waals surface area contributed by atoms with Crippen molar-refractivity contribution in [3.63, 3.8) is 0 Å². The minimum Gasteiger partial charge on any atom is -0.376 e. The Hall–Kier alpha value is -4.27. The first-order chi connectivity index (χ1) is 16.7. The van der Waals surface area contributed by atoms with E-state index >= 15 is 0 Å². The average molecular weight is 439 g/mol. The maximum Gasteiger partial charge on any atom is 0.195 e. The Morgan fingerprint density at radius 3 is 1.32 bits per heavy atom. The van der Waals surface area contributed by atoms with Crippen molar-refractivity contribution in [3.05, 3.63) is 155 Å². The second-order valence-corrected chi connectivity index (χ2v) is 8.59. The Morgan fingerprint density at radius 2 is 0.882 bits per heavy atom. The van der Waals surface area contributed by atoms with Crippen LogP contribution in [0.5, 0.6) is 0 Å². The van der Waals surface area contributed by atoms with Gasteiger partial charge in [-0.25, -0.2) is 0 Å². The molecule has 1 aliphatic rings. The van der Waals surface area contributed by atoms with Gasteiger partial charge in [-0.1, -0.05) is 127 Å². The Kier molecular flexibility index (Phi) is 4.75. The van der Waals surface area contributed by atoms with Gasteiger partial charge in [0.1, 0.15) is 5.60 Å². The molecule has 0 saturated heterocycles. The zero-order valence-electron chi connectivity index (χ0n) is 18.5. The van der Waals surface area contributed by atoms with Gasteiger partial charge in [0.2, 0.25) is 0 Å². The van der Waals surface area contributed by atoms with E-state index in [2.05, 4.69) is 0 Å². The van der Waals surface area contributed by atoms with Crippen molar-refractivity contribution in [2.75, 3.05) is 0 Å². The number of benzene rings is 5. The topological polar surface area (TPSA) is 37.3 Å². The second kappa shape index (κ2) is 7.95. The summed E-state index contributed by atoms with van der Waals surface area (Å²) < 4.78 is 0. The molecule has 34 heavy (non-hydrogen) atoms. The highest BCUT2D eigenvalue weighted by atomic mass is 16.3. The maximum absolute atomic E-state index is 14.3. The number of carbonyl (C=O) groups is 1. The van der Waals surface area contributed by atoms with Crippen LogP contribution in [0.25, 0.3) is 22.3 Å². The van der Waals surface area contributed by atoms with E-state index in [0.29, 0.717) is 22.3 Å². The Morgan fingerprint density at radius 1 is 0.471 bits per heavy atom. The first kappa shape index (κ1) is 20.3. The van der Waals surface area contributed by atoms with Crippen molar-refractivity contribution in [3.8, 4) is 22.3 Å². The average Bonchev–Trinajstić information content (AvgIpc) is 2.92. The van der Waals surface area contributed by atoms with E-state index < -0.39 is 5.60 Å². The molecule has 0 amide bonds. The summed E-state index contributed by atoms with van der Waals surface area (Å²) in [5.74, 6) is -0.0653. The normalized spacial score (nSPS) is 13.7. The molecule has 1 aliphatic carbocycles. The van der Waals surface area contributed by atoms with Gasteiger partial charge < -0.3 is 5.11 Å². The quantitative estimate of drug-likeness (QED) is 0.334. The van der Waals surface area contributed by atoms with Crippen molar-refractivity contribution in [2.24, 2.45) is 0 Å². The van der Waals surface area contributed by atoms with Gasteiger partial charge in [-0.3, -0.25) is 4.79 Å². The van der Waals surface area contributed by atoms with Gasteiger partial charge >= 0.3 is 0 Å². The lowest BCUT2D eigenvalue weighted by Crippen LogP contribution is -2.37. The third kappa shape index (κ3) is 2.97. The molecule has 0 unspecified atom stereocenters. The largest absolute Gasteiger partial charge is 0.376 e. The summed E-state index contributed by atoms with van der Waals surface area (Å²) in [5, 5.41) is 12.6. The molecule has 2 heteroatoms. The van der Waals surface area contributed by atoms with Crippen molar-refractivity contribution < 1.29 is 9.90 Å². The number of rotatable bonds is 3. The van der Waals surface area contributed by atoms with Crippen LogP contribution in [-0.2, 0) is 5.60 Å². The molecular formula is C32H22O2. The minimum atomic E-state index is -1.46. The fraction of sp³-hybridized carbons (Fsp3) is 0.0312. The lowest BCUT2D eigenvalue weighted by molar-refractivity contribution is 0.0951. The summed E-state index contributed by atoms with van der Waals surface area (Å²) in [4.78, 5) is 14.3. The predicted octanol–water partition coefficient (Wildman–Crippen LogP) is 6.85. The number of ketones is 1. The Balaban J connectivity index is 1.73. The molecule has 0 aromatic heterocycles. The van der Waals surface area contributed by atoms with Crippen LogP contribution in [0.4, 0.5) is 0 Å². The number of hydrogen-bond acceptors (Lipinski definition) is 2. The molecule has 2 nitrogen and oxygen atoms in total. The molecule has 5 aromatic carbocycles. The fourth-order valence-electron chi connectivity index (χ4n) is 5.17. The smallest absolute Gasteiger partial charge is 0.195 e. The highest BCUT2D eigenvalue weighted by Gasteiger charge is 2.45. The maximum atomic E-state index is 14.3. The van der Waals surface area contributed by atoms with E-state index in [1.807, 2.05) is 127 Å². The molecule has 0 fully saturated rings. The van der Waals surface area contributed by atoms with Crippen LogP contribution < -0.4 is 0 Å². The van der Waals surface area contributed by atoms with E-state index in [9.17, 15) is 9.90 Å².